The predicted molar refractivity (Wildman–Crippen MR) is 95.3 cm³/mol. The number of hydrogen-bond donors (Lipinski definition) is 0. The van der Waals surface area contributed by atoms with Crippen molar-refractivity contribution >= 4 is 15.7 Å². The molecule has 0 bridgehead atoms. The summed E-state index contributed by atoms with van der Waals surface area (Å²) >= 11 is 0. The molecule has 0 saturated carbocycles. The van der Waals surface area contributed by atoms with Crippen LogP contribution in [-0.4, -0.2) is 32.5 Å². The molecule has 0 aliphatic carbocycles. The lowest BCUT2D eigenvalue weighted by atomic mass is 9.99. The van der Waals surface area contributed by atoms with E-state index in [1.165, 1.54) is 48.5 Å². The van der Waals surface area contributed by atoms with E-state index in [1.54, 1.807) is 6.92 Å². The standard InChI is InChI=1S/C19H16F7NO2S/c1-12-6-8-15(9-7-12)30(28,29)27-14(10-13-4-2-3-5-16(13)27)11-17(20,21)18(22,23)19(24,25)26/h2-9,14H,10-11H2,1H3. The molecule has 3 rings (SSSR count). The van der Waals surface area contributed by atoms with E-state index in [1.807, 2.05) is 0 Å². The number of nitrogens with zero attached hydrogens (tertiary/aromatic N) is 1. The van der Waals surface area contributed by atoms with E-state index in [-0.39, 0.29) is 16.1 Å². The maximum Gasteiger partial charge on any atom is 0.459 e. The van der Waals surface area contributed by atoms with Crippen molar-refractivity contribution in [3.05, 3.63) is 59.7 Å². The van der Waals surface area contributed by atoms with E-state index in [0.717, 1.165) is 0 Å². The molecule has 0 N–H and O–H groups in total. The van der Waals surface area contributed by atoms with Crippen LogP contribution in [0.3, 0.4) is 0 Å². The number of benzene rings is 2. The van der Waals surface area contributed by atoms with E-state index in [4.69, 9.17) is 0 Å². The molecule has 1 aliphatic heterocycles. The molecule has 30 heavy (non-hydrogen) atoms. The third-order valence-corrected chi connectivity index (χ3v) is 6.78. The SMILES string of the molecule is Cc1ccc(S(=O)(=O)N2c3ccccc3CC2CC(F)(F)C(F)(F)C(F)(F)F)cc1. The van der Waals surface area contributed by atoms with Crippen molar-refractivity contribution in [1.82, 2.24) is 0 Å². The number of hydrogen-bond acceptors (Lipinski definition) is 2. The second-order valence-corrected chi connectivity index (χ2v) is 8.90. The average Bonchev–Trinajstić information content (AvgIpc) is 2.98. The summed E-state index contributed by atoms with van der Waals surface area (Å²) in [7, 11) is -4.50. The highest BCUT2D eigenvalue weighted by atomic mass is 32.2. The molecular weight excluding hydrogens is 439 g/mol. The monoisotopic (exact) mass is 455 g/mol. The zero-order chi connectivity index (χ0) is 22.5. The molecule has 0 spiro atoms. The van der Waals surface area contributed by atoms with Crippen molar-refractivity contribution < 1.29 is 39.2 Å². The van der Waals surface area contributed by atoms with Crippen LogP contribution in [-0.2, 0) is 16.4 Å². The number of alkyl halides is 7. The number of halogens is 7. The van der Waals surface area contributed by atoms with Crippen LogP contribution in [0.5, 0.6) is 0 Å². The molecule has 0 radical (unpaired) electrons. The molecule has 0 amide bonds. The van der Waals surface area contributed by atoms with Crippen LogP contribution in [0.2, 0.25) is 0 Å². The number of para-hydroxylation sites is 1. The fourth-order valence-electron chi connectivity index (χ4n) is 3.37. The minimum absolute atomic E-state index is 0.0331. The molecule has 1 unspecified atom stereocenters. The normalized spacial score (nSPS) is 17.9. The van der Waals surface area contributed by atoms with Gasteiger partial charge in [0.25, 0.3) is 10.0 Å². The minimum atomic E-state index is -6.48. The molecule has 1 aliphatic rings. The lowest BCUT2D eigenvalue weighted by molar-refractivity contribution is -0.356. The smallest absolute Gasteiger partial charge is 0.262 e. The molecule has 2 aromatic carbocycles. The first kappa shape index (κ1) is 22.4. The lowest BCUT2D eigenvalue weighted by Crippen LogP contribution is -2.55. The molecule has 2 aromatic rings. The second-order valence-electron chi connectivity index (χ2n) is 7.08. The van der Waals surface area contributed by atoms with Gasteiger partial charge in [-0.25, -0.2) is 8.42 Å². The summed E-state index contributed by atoms with van der Waals surface area (Å²) < 4.78 is 119. The Bertz CT molecular complexity index is 1030. The van der Waals surface area contributed by atoms with Crippen molar-refractivity contribution in [1.29, 1.82) is 0 Å². The largest absolute Gasteiger partial charge is 0.459 e. The maximum absolute atomic E-state index is 14.1. The quantitative estimate of drug-likeness (QED) is 0.571. The minimum Gasteiger partial charge on any atom is -0.262 e. The van der Waals surface area contributed by atoms with Gasteiger partial charge in [-0.05, 0) is 37.1 Å². The Morgan fingerprint density at radius 3 is 2.07 bits per heavy atom. The summed E-state index contributed by atoms with van der Waals surface area (Å²) in [6, 6.07) is 9.12. The fraction of sp³-hybridized carbons (Fsp3) is 0.368. The Kier molecular flexibility index (Phi) is 5.33. The molecule has 1 atom stereocenters. The highest BCUT2D eigenvalue weighted by molar-refractivity contribution is 7.92. The molecule has 1 heterocycles. The molecular formula is C19H16F7NO2S. The van der Waals surface area contributed by atoms with Gasteiger partial charge in [-0.15, -0.1) is 0 Å². The summed E-state index contributed by atoms with van der Waals surface area (Å²) in [4.78, 5) is -0.291. The Hall–Kier alpha value is -2.30. The third kappa shape index (κ3) is 3.63. The maximum atomic E-state index is 14.1. The number of aryl methyl sites for hydroxylation is 1. The van der Waals surface area contributed by atoms with Crippen LogP contribution >= 0.6 is 0 Å². The number of rotatable bonds is 5. The third-order valence-electron chi connectivity index (χ3n) is 4.90. The van der Waals surface area contributed by atoms with E-state index in [0.29, 0.717) is 9.87 Å². The van der Waals surface area contributed by atoms with Crippen LogP contribution in [0.15, 0.2) is 53.4 Å². The zero-order valence-corrected chi connectivity index (χ0v) is 16.2. The van der Waals surface area contributed by atoms with E-state index < -0.39 is 46.9 Å². The van der Waals surface area contributed by atoms with Crippen LogP contribution in [0, 0.1) is 6.92 Å². The van der Waals surface area contributed by atoms with Crippen LogP contribution in [0.25, 0.3) is 0 Å². The van der Waals surface area contributed by atoms with Gasteiger partial charge in [-0.3, -0.25) is 4.31 Å². The Labute approximate surface area is 168 Å². The molecule has 11 heteroatoms. The van der Waals surface area contributed by atoms with Crippen LogP contribution < -0.4 is 4.31 Å². The molecule has 0 saturated heterocycles. The first-order valence-corrected chi connectivity index (χ1v) is 10.1. The van der Waals surface area contributed by atoms with E-state index >= 15 is 0 Å². The second kappa shape index (κ2) is 7.14. The number of sulfonamides is 1. The van der Waals surface area contributed by atoms with Gasteiger partial charge in [0.05, 0.1) is 16.6 Å². The van der Waals surface area contributed by atoms with Gasteiger partial charge in [0.15, 0.2) is 0 Å². The molecule has 3 nitrogen and oxygen atoms in total. The predicted octanol–water partition coefficient (Wildman–Crippen LogP) is 5.34. The van der Waals surface area contributed by atoms with Gasteiger partial charge in [0, 0.05) is 6.42 Å². The van der Waals surface area contributed by atoms with Gasteiger partial charge >= 0.3 is 18.0 Å². The summed E-state index contributed by atoms with van der Waals surface area (Å²) in [5.41, 5.74) is 0.933. The lowest BCUT2D eigenvalue weighted by Gasteiger charge is -2.33. The summed E-state index contributed by atoms with van der Waals surface area (Å²) in [5.74, 6) is -11.8. The van der Waals surface area contributed by atoms with E-state index in [9.17, 15) is 39.2 Å². The first-order chi connectivity index (χ1) is 13.7. The topological polar surface area (TPSA) is 37.4 Å². The van der Waals surface area contributed by atoms with Crippen LogP contribution in [0.1, 0.15) is 17.5 Å². The van der Waals surface area contributed by atoms with Crippen molar-refractivity contribution in [2.24, 2.45) is 0 Å². The average molecular weight is 455 g/mol. The number of fused-ring (bicyclic) bond motifs is 1. The van der Waals surface area contributed by atoms with Crippen molar-refractivity contribution in [3.63, 3.8) is 0 Å². The first-order valence-electron chi connectivity index (χ1n) is 8.70. The highest BCUT2D eigenvalue weighted by Gasteiger charge is 2.73. The van der Waals surface area contributed by atoms with Crippen molar-refractivity contribution in [2.75, 3.05) is 4.31 Å². The Morgan fingerprint density at radius 2 is 1.50 bits per heavy atom. The van der Waals surface area contributed by atoms with Gasteiger partial charge in [-0.2, -0.15) is 30.7 Å². The van der Waals surface area contributed by atoms with Crippen LogP contribution in [0.4, 0.5) is 36.4 Å². The van der Waals surface area contributed by atoms with Gasteiger partial charge in [-0.1, -0.05) is 35.9 Å². The summed E-state index contributed by atoms with van der Waals surface area (Å²) in [6.45, 7) is 1.68. The van der Waals surface area contributed by atoms with Crippen molar-refractivity contribution in [2.45, 2.75) is 48.7 Å². The van der Waals surface area contributed by atoms with Gasteiger partial charge in [0.1, 0.15) is 0 Å². The van der Waals surface area contributed by atoms with Gasteiger partial charge < -0.3 is 0 Å². The number of anilines is 1. The summed E-state index contributed by atoms with van der Waals surface area (Å²) in [6.07, 6.45) is -8.91. The Morgan fingerprint density at radius 1 is 0.933 bits per heavy atom. The molecule has 164 valence electrons. The van der Waals surface area contributed by atoms with Gasteiger partial charge in [0.2, 0.25) is 0 Å². The highest BCUT2D eigenvalue weighted by Crippen LogP contribution is 2.50. The summed E-state index contributed by atoms with van der Waals surface area (Å²) in [5, 5.41) is 0. The van der Waals surface area contributed by atoms with E-state index in [2.05, 4.69) is 0 Å². The molecule has 0 aromatic heterocycles. The van der Waals surface area contributed by atoms with Crippen molar-refractivity contribution in [3.8, 4) is 0 Å². The fourth-order valence-corrected chi connectivity index (χ4v) is 5.05. The Balaban J connectivity index is 2.06. The molecule has 0 fully saturated rings. The zero-order valence-electron chi connectivity index (χ0n) is 15.4.